The number of carbonyl (C=O) groups excluding carboxylic acids is 1. The van der Waals surface area contributed by atoms with Crippen molar-refractivity contribution in [2.45, 2.75) is 12.8 Å². The van der Waals surface area contributed by atoms with Crippen molar-refractivity contribution in [2.75, 3.05) is 12.4 Å². The highest BCUT2D eigenvalue weighted by Gasteiger charge is 2.13. The van der Waals surface area contributed by atoms with E-state index in [1.54, 1.807) is 24.3 Å². The Kier molecular flexibility index (Phi) is 6.06. The standard InChI is InChI=1S/C21H18FNO4S/c1-27-18-12-13(22)6-9-16(18)19-10-7-14(28-19)8-11-20(24)23-17-5-3-2-4-15(17)21(25)26/h2-7,9-10,12H,8,11H2,1H3,(H,23,24)(H,25,26). The molecule has 1 heterocycles. The topological polar surface area (TPSA) is 75.6 Å². The van der Waals surface area contributed by atoms with Crippen LogP contribution in [0.3, 0.4) is 0 Å². The second-order valence-corrected chi connectivity index (χ2v) is 7.18. The molecule has 0 saturated carbocycles. The van der Waals surface area contributed by atoms with Crippen LogP contribution in [0.4, 0.5) is 10.1 Å². The van der Waals surface area contributed by atoms with Crippen molar-refractivity contribution < 1.29 is 23.8 Å². The van der Waals surface area contributed by atoms with Crippen LogP contribution >= 0.6 is 11.3 Å². The van der Waals surface area contributed by atoms with Crippen LogP contribution in [0.25, 0.3) is 10.4 Å². The summed E-state index contributed by atoms with van der Waals surface area (Å²) in [5, 5.41) is 11.8. The summed E-state index contributed by atoms with van der Waals surface area (Å²) >= 11 is 1.50. The van der Waals surface area contributed by atoms with Gasteiger partial charge in [0, 0.05) is 27.8 Å². The summed E-state index contributed by atoms with van der Waals surface area (Å²) in [5.41, 5.74) is 1.13. The number of carboxylic acid groups (broad SMARTS) is 1. The second kappa shape index (κ2) is 8.67. The Morgan fingerprint density at radius 2 is 1.93 bits per heavy atom. The fourth-order valence-electron chi connectivity index (χ4n) is 2.75. The van der Waals surface area contributed by atoms with E-state index in [1.807, 2.05) is 12.1 Å². The number of hydrogen-bond acceptors (Lipinski definition) is 4. The predicted octanol–water partition coefficient (Wildman–Crippen LogP) is 4.83. The fraction of sp³-hybridized carbons (Fsp3) is 0.143. The summed E-state index contributed by atoms with van der Waals surface area (Å²) in [6.45, 7) is 0. The molecule has 0 atom stereocenters. The summed E-state index contributed by atoms with van der Waals surface area (Å²) in [5.74, 6) is -1.26. The molecule has 5 nitrogen and oxygen atoms in total. The van der Waals surface area contributed by atoms with Crippen molar-refractivity contribution in [3.8, 4) is 16.2 Å². The highest BCUT2D eigenvalue weighted by molar-refractivity contribution is 7.15. The van der Waals surface area contributed by atoms with E-state index in [9.17, 15) is 19.1 Å². The number of amides is 1. The van der Waals surface area contributed by atoms with Gasteiger partial charge in [-0.2, -0.15) is 0 Å². The lowest BCUT2D eigenvalue weighted by atomic mass is 10.1. The Morgan fingerprint density at radius 3 is 2.68 bits per heavy atom. The summed E-state index contributed by atoms with van der Waals surface area (Å²) in [6, 6.07) is 14.5. The molecule has 0 bridgehead atoms. The molecule has 0 aliphatic rings. The number of halogens is 1. The van der Waals surface area contributed by atoms with Crippen molar-refractivity contribution in [1.29, 1.82) is 0 Å². The summed E-state index contributed by atoms with van der Waals surface area (Å²) in [4.78, 5) is 25.3. The zero-order valence-electron chi connectivity index (χ0n) is 15.1. The van der Waals surface area contributed by atoms with Crippen LogP contribution in [0.5, 0.6) is 5.75 Å². The first-order chi connectivity index (χ1) is 13.5. The van der Waals surface area contributed by atoms with E-state index in [2.05, 4.69) is 5.32 Å². The van der Waals surface area contributed by atoms with E-state index < -0.39 is 5.97 Å². The molecule has 0 radical (unpaired) electrons. The molecule has 0 aliphatic heterocycles. The van der Waals surface area contributed by atoms with E-state index in [1.165, 1.54) is 36.6 Å². The average Bonchev–Trinajstić information content (AvgIpc) is 3.15. The first-order valence-corrected chi connectivity index (χ1v) is 9.34. The third kappa shape index (κ3) is 4.55. The third-order valence-electron chi connectivity index (χ3n) is 4.12. The molecule has 1 amide bonds. The van der Waals surface area contributed by atoms with Crippen LogP contribution in [0, 0.1) is 5.82 Å². The molecule has 0 fully saturated rings. The Hall–Kier alpha value is -3.19. The van der Waals surface area contributed by atoms with Gasteiger partial charge >= 0.3 is 5.97 Å². The number of aryl methyl sites for hydroxylation is 1. The molecule has 0 aliphatic carbocycles. The predicted molar refractivity (Wildman–Crippen MR) is 107 cm³/mol. The first kappa shape index (κ1) is 19.6. The highest BCUT2D eigenvalue weighted by Crippen LogP contribution is 2.35. The van der Waals surface area contributed by atoms with E-state index in [-0.39, 0.29) is 29.4 Å². The van der Waals surface area contributed by atoms with Gasteiger partial charge in [-0.25, -0.2) is 9.18 Å². The number of rotatable bonds is 7. The van der Waals surface area contributed by atoms with Crippen LogP contribution in [-0.2, 0) is 11.2 Å². The van der Waals surface area contributed by atoms with Gasteiger partial charge in [0.15, 0.2) is 0 Å². The SMILES string of the molecule is COc1cc(F)ccc1-c1ccc(CCC(=O)Nc2ccccc2C(=O)O)s1. The van der Waals surface area contributed by atoms with Crippen LogP contribution in [-0.4, -0.2) is 24.1 Å². The van der Waals surface area contributed by atoms with Gasteiger partial charge in [0.1, 0.15) is 11.6 Å². The summed E-state index contributed by atoms with van der Waals surface area (Å²) in [6.07, 6.45) is 0.726. The van der Waals surface area contributed by atoms with Gasteiger partial charge in [0.05, 0.1) is 18.4 Å². The van der Waals surface area contributed by atoms with Crippen molar-refractivity contribution in [3.05, 3.63) is 70.9 Å². The lowest BCUT2D eigenvalue weighted by molar-refractivity contribution is -0.116. The third-order valence-corrected chi connectivity index (χ3v) is 5.30. The minimum Gasteiger partial charge on any atom is -0.496 e. The largest absolute Gasteiger partial charge is 0.496 e. The molecule has 144 valence electrons. The molecular weight excluding hydrogens is 381 g/mol. The fourth-order valence-corrected chi connectivity index (χ4v) is 3.79. The molecule has 28 heavy (non-hydrogen) atoms. The Morgan fingerprint density at radius 1 is 1.14 bits per heavy atom. The van der Waals surface area contributed by atoms with Crippen molar-refractivity contribution in [2.24, 2.45) is 0 Å². The minimum atomic E-state index is -1.09. The number of thiophene rings is 1. The highest BCUT2D eigenvalue weighted by atomic mass is 32.1. The minimum absolute atomic E-state index is 0.0534. The Labute approximate surface area is 165 Å². The number of aromatic carboxylic acids is 1. The van der Waals surface area contributed by atoms with E-state index in [4.69, 9.17) is 4.74 Å². The maximum atomic E-state index is 13.4. The summed E-state index contributed by atoms with van der Waals surface area (Å²) in [7, 11) is 1.49. The van der Waals surface area contributed by atoms with E-state index in [0.717, 1.165) is 15.3 Å². The molecule has 7 heteroatoms. The van der Waals surface area contributed by atoms with Crippen LogP contribution in [0.2, 0.25) is 0 Å². The van der Waals surface area contributed by atoms with Gasteiger partial charge in [-0.1, -0.05) is 12.1 Å². The van der Waals surface area contributed by atoms with Gasteiger partial charge in [0.2, 0.25) is 5.91 Å². The summed E-state index contributed by atoms with van der Waals surface area (Å²) < 4.78 is 18.6. The van der Waals surface area contributed by atoms with Crippen LogP contribution in [0.15, 0.2) is 54.6 Å². The van der Waals surface area contributed by atoms with Crippen molar-refractivity contribution in [1.82, 2.24) is 0 Å². The van der Waals surface area contributed by atoms with Gasteiger partial charge in [-0.3, -0.25) is 4.79 Å². The zero-order chi connectivity index (χ0) is 20.1. The van der Waals surface area contributed by atoms with Crippen LogP contribution in [0.1, 0.15) is 21.7 Å². The number of nitrogens with one attached hydrogen (secondary N) is 1. The number of methoxy groups -OCH3 is 1. The Balaban J connectivity index is 1.65. The number of benzene rings is 2. The Bertz CT molecular complexity index is 1020. The number of hydrogen-bond donors (Lipinski definition) is 2. The number of ether oxygens (including phenoxy) is 1. The molecule has 0 spiro atoms. The lowest BCUT2D eigenvalue weighted by Crippen LogP contribution is -2.14. The number of anilines is 1. The molecule has 0 saturated heterocycles. The van der Waals surface area contributed by atoms with Gasteiger partial charge in [-0.15, -0.1) is 11.3 Å². The molecule has 3 rings (SSSR count). The van der Waals surface area contributed by atoms with E-state index in [0.29, 0.717) is 12.2 Å². The van der Waals surface area contributed by atoms with Gasteiger partial charge in [0.25, 0.3) is 0 Å². The number of para-hydroxylation sites is 1. The first-order valence-electron chi connectivity index (χ1n) is 8.52. The smallest absolute Gasteiger partial charge is 0.337 e. The molecule has 1 aromatic heterocycles. The van der Waals surface area contributed by atoms with Crippen molar-refractivity contribution >= 4 is 28.9 Å². The van der Waals surface area contributed by atoms with Crippen molar-refractivity contribution in [3.63, 3.8) is 0 Å². The number of carbonyl (C=O) groups is 2. The zero-order valence-corrected chi connectivity index (χ0v) is 15.9. The lowest BCUT2D eigenvalue weighted by Gasteiger charge is -2.08. The molecule has 2 aromatic carbocycles. The quantitative estimate of drug-likeness (QED) is 0.597. The second-order valence-electron chi connectivity index (χ2n) is 6.01. The number of carboxylic acids is 1. The molecule has 2 N–H and O–H groups in total. The maximum absolute atomic E-state index is 13.4. The van der Waals surface area contributed by atoms with Gasteiger partial charge in [-0.05, 0) is 42.8 Å². The monoisotopic (exact) mass is 399 g/mol. The van der Waals surface area contributed by atoms with E-state index >= 15 is 0 Å². The normalized spacial score (nSPS) is 10.5. The van der Waals surface area contributed by atoms with Gasteiger partial charge < -0.3 is 15.2 Å². The maximum Gasteiger partial charge on any atom is 0.337 e. The molecular formula is C21H18FNO4S. The average molecular weight is 399 g/mol. The van der Waals surface area contributed by atoms with Crippen LogP contribution < -0.4 is 10.1 Å². The molecule has 0 unspecified atom stereocenters. The molecule has 3 aromatic rings.